The van der Waals surface area contributed by atoms with Crippen LogP contribution in [0.15, 0.2) is 22.5 Å². The van der Waals surface area contributed by atoms with Crippen LogP contribution in [0.5, 0.6) is 0 Å². The van der Waals surface area contributed by atoms with Gasteiger partial charge in [-0.25, -0.2) is 0 Å². The maximum Gasteiger partial charge on any atom is 0.317 e. The molecule has 4 aliphatic rings. The number of nitrogens with one attached hydrogen (secondary N) is 1. The molecule has 1 N–H and O–H groups in total. The van der Waals surface area contributed by atoms with Crippen molar-refractivity contribution in [2.75, 3.05) is 0 Å². The highest BCUT2D eigenvalue weighted by atomic mass is 32.2. The number of fused-ring (bicyclic) bond motifs is 9. The monoisotopic (exact) mass is 407 g/mol. The molecule has 4 heterocycles. The molecule has 128 valence electrons. The summed E-state index contributed by atoms with van der Waals surface area (Å²) in [5, 5.41) is 3.63. The molecule has 7 unspecified atom stereocenters. The summed E-state index contributed by atoms with van der Waals surface area (Å²) in [4.78, 5) is 30.5. The third kappa shape index (κ3) is 1.86. The van der Waals surface area contributed by atoms with Gasteiger partial charge >= 0.3 is 11.9 Å². The summed E-state index contributed by atoms with van der Waals surface area (Å²) in [5.74, 6) is 0.0973. The van der Waals surface area contributed by atoms with Gasteiger partial charge < -0.3 is 9.72 Å². The first-order chi connectivity index (χ1) is 12.1. The lowest BCUT2D eigenvalue weighted by molar-refractivity contribution is -0.154. The SMILES string of the molecule is O=C1OC(=O)C2C3CC(C4Sc5[nH]c(=S)sc5C(c5cccs5)C34)C12. The highest BCUT2D eigenvalue weighted by molar-refractivity contribution is 8.00. The van der Waals surface area contributed by atoms with Crippen molar-refractivity contribution >= 4 is 58.6 Å². The second-order valence-electron chi connectivity index (χ2n) is 7.22. The number of thiazole rings is 1. The van der Waals surface area contributed by atoms with Gasteiger partial charge in [-0.1, -0.05) is 6.07 Å². The van der Waals surface area contributed by atoms with E-state index in [1.807, 2.05) is 11.8 Å². The van der Waals surface area contributed by atoms with E-state index < -0.39 is 0 Å². The first-order valence-electron chi connectivity index (χ1n) is 8.32. The van der Waals surface area contributed by atoms with E-state index in [1.54, 1.807) is 22.7 Å². The molecule has 2 aromatic rings. The number of cyclic esters (lactones) is 2. The Balaban J connectivity index is 1.53. The van der Waals surface area contributed by atoms with Crippen LogP contribution in [0, 0.1) is 33.5 Å². The van der Waals surface area contributed by atoms with Crippen LogP contribution in [0.4, 0.5) is 0 Å². The van der Waals surface area contributed by atoms with E-state index in [0.29, 0.717) is 11.2 Å². The number of esters is 2. The Kier molecular flexibility index (Phi) is 3.06. The van der Waals surface area contributed by atoms with E-state index in [4.69, 9.17) is 17.0 Å². The molecule has 2 aliphatic carbocycles. The summed E-state index contributed by atoms with van der Waals surface area (Å²) in [6.45, 7) is 0. The van der Waals surface area contributed by atoms with Gasteiger partial charge in [-0.15, -0.1) is 34.4 Å². The molecule has 4 nitrogen and oxygen atoms in total. The lowest BCUT2D eigenvalue weighted by Crippen LogP contribution is -2.42. The molecule has 2 aromatic heterocycles. The lowest BCUT2D eigenvalue weighted by Gasteiger charge is -2.42. The van der Waals surface area contributed by atoms with Gasteiger partial charge in [-0.3, -0.25) is 9.59 Å². The number of ether oxygens (including phenoxy) is 1. The lowest BCUT2D eigenvalue weighted by atomic mass is 9.69. The van der Waals surface area contributed by atoms with Crippen LogP contribution >= 0.6 is 46.7 Å². The van der Waals surface area contributed by atoms with Gasteiger partial charge in [0, 0.05) is 20.9 Å². The Morgan fingerprint density at radius 2 is 2.00 bits per heavy atom. The number of thioether (sulfide) groups is 1. The zero-order chi connectivity index (χ0) is 16.9. The first-order valence-corrected chi connectivity index (χ1v) is 11.3. The van der Waals surface area contributed by atoms with Gasteiger partial charge in [0.15, 0.2) is 3.95 Å². The second kappa shape index (κ2) is 5.06. The Morgan fingerprint density at radius 3 is 2.76 bits per heavy atom. The van der Waals surface area contributed by atoms with Crippen molar-refractivity contribution in [3.05, 3.63) is 31.2 Å². The Morgan fingerprint density at radius 1 is 1.20 bits per heavy atom. The quantitative estimate of drug-likeness (QED) is 0.439. The van der Waals surface area contributed by atoms with E-state index in [1.165, 1.54) is 9.75 Å². The normalized spacial score (nSPS) is 40.7. The molecule has 0 amide bonds. The van der Waals surface area contributed by atoms with Gasteiger partial charge in [-0.05, 0) is 47.8 Å². The Labute approximate surface area is 161 Å². The van der Waals surface area contributed by atoms with Gasteiger partial charge in [0.05, 0.1) is 16.9 Å². The summed E-state index contributed by atoms with van der Waals surface area (Å²) in [5.41, 5.74) is 0. The first kappa shape index (κ1) is 15.1. The van der Waals surface area contributed by atoms with Crippen LogP contribution in [-0.2, 0) is 14.3 Å². The maximum atomic E-state index is 12.3. The summed E-state index contributed by atoms with van der Waals surface area (Å²) in [6, 6.07) is 4.28. The number of thiophene rings is 1. The fourth-order valence-electron chi connectivity index (χ4n) is 5.60. The molecule has 7 atom stereocenters. The molecule has 2 aliphatic heterocycles. The number of hydrogen-bond acceptors (Lipinski definition) is 7. The second-order valence-corrected chi connectivity index (χ2v) is 11.1. The molecule has 2 bridgehead atoms. The zero-order valence-electron chi connectivity index (χ0n) is 12.8. The van der Waals surface area contributed by atoms with Crippen LogP contribution in [0.2, 0.25) is 0 Å². The zero-order valence-corrected chi connectivity index (χ0v) is 16.1. The Bertz CT molecular complexity index is 961. The minimum absolute atomic E-state index is 0.224. The predicted octanol–water partition coefficient (Wildman–Crippen LogP) is 4.06. The minimum atomic E-state index is -0.293. The summed E-state index contributed by atoms with van der Waals surface area (Å²) >= 11 is 10.7. The molecule has 8 heteroatoms. The third-order valence-corrected chi connectivity index (χ3v) is 10.2. The molecule has 0 aromatic carbocycles. The number of aromatic amines is 1. The largest absolute Gasteiger partial charge is 0.393 e. The molecule has 0 spiro atoms. The topological polar surface area (TPSA) is 59.2 Å². The number of H-pyrrole nitrogens is 1. The molecule has 25 heavy (non-hydrogen) atoms. The molecule has 2 saturated carbocycles. The van der Waals surface area contributed by atoms with Crippen molar-refractivity contribution in [1.29, 1.82) is 0 Å². The fraction of sp³-hybridized carbons (Fsp3) is 0.471. The standard InChI is InChI=1S/C17H13NO3S4/c19-15-9-5-4-6(10(9)16(20)21-15)12-8(5)11(7-2-1-3-23-7)13-14(24-12)18-17(22)25-13/h1-3,5-6,8-12H,4H2,(H,18,22). The predicted molar refractivity (Wildman–Crippen MR) is 98.5 cm³/mol. The van der Waals surface area contributed by atoms with E-state index in [-0.39, 0.29) is 41.5 Å². The summed E-state index contributed by atoms with van der Waals surface area (Å²) in [6.07, 6.45) is 0.968. The molecule has 6 rings (SSSR count). The van der Waals surface area contributed by atoms with Crippen LogP contribution in [-0.4, -0.2) is 22.2 Å². The van der Waals surface area contributed by atoms with Crippen LogP contribution < -0.4 is 0 Å². The number of carbonyl (C=O) groups excluding carboxylic acids is 2. The molecule has 0 radical (unpaired) electrons. The maximum absolute atomic E-state index is 12.3. The van der Waals surface area contributed by atoms with Gasteiger partial charge in [-0.2, -0.15) is 0 Å². The van der Waals surface area contributed by atoms with Crippen LogP contribution in [0.25, 0.3) is 0 Å². The number of rotatable bonds is 1. The van der Waals surface area contributed by atoms with Crippen LogP contribution in [0.1, 0.15) is 22.1 Å². The number of aromatic nitrogens is 1. The molecular formula is C17H13NO3S4. The highest BCUT2D eigenvalue weighted by Crippen LogP contribution is 2.68. The molecular weight excluding hydrogens is 394 g/mol. The van der Waals surface area contributed by atoms with Gasteiger partial charge in [0.1, 0.15) is 0 Å². The fourth-order valence-corrected chi connectivity index (χ4v) is 9.89. The van der Waals surface area contributed by atoms with Crippen molar-refractivity contribution in [2.45, 2.75) is 22.6 Å². The summed E-state index contributed by atoms with van der Waals surface area (Å²) < 4.78 is 5.82. The average Bonchev–Trinajstić information content (AvgIpc) is 3.34. The molecule has 3 fully saturated rings. The number of carbonyl (C=O) groups is 2. The highest BCUT2D eigenvalue weighted by Gasteiger charge is 2.69. The van der Waals surface area contributed by atoms with Crippen molar-refractivity contribution in [3.63, 3.8) is 0 Å². The summed E-state index contributed by atoms with van der Waals surface area (Å²) in [7, 11) is 0. The van der Waals surface area contributed by atoms with E-state index in [0.717, 1.165) is 15.4 Å². The third-order valence-electron chi connectivity index (χ3n) is 6.31. The van der Waals surface area contributed by atoms with Gasteiger partial charge in [0.2, 0.25) is 0 Å². The van der Waals surface area contributed by atoms with Crippen molar-refractivity contribution in [1.82, 2.24) is 4.98 Å². The van der Waals surface area contributed by atoms with Crippen molar-refractivity contribution in [3.8, 4) is 0 Å². The van der Waals surface area contributed by atoms with Crippen molar-refractivity contribution in [2.24, 2.45) is 29.6 Å². The molecule has 1 saturated heterocycles. The Hall–Kier alpha value is -0.960. The van der Waals surface area contributed by atoms with E-state index >= 15 is 0 Å². The van der Waals surface area contributed by atoms with E-state index in [9.17, 15) is 9.59 Å². The average molecular weight is 408 g/mol. The minimum Gasteiger partial charge on any atom is -0.393 e. The van der Waals surface area contributed by atoms with Crippen molar-refractivity contribution < 1.29 is 14.3 Å². The smallest absolute Gasteiger partial charge is 0.317 e. The van der Waals surface area contributed by atoms with Gasteiger partial charge in [0.25, 0.3) is 0 Å². The van der Waals surface area contributed by atoms with Crippen LogP contribution in [0.3, 0.4) is 0 Å². The van der Waals surface area contributed by atoms with E-state index in [2.05, 4.69) is 22.5 Å². The number of hydrogen-bond donors (Lipinski definition) is 1.